The molecule has 0 bridgehead atoms. The Morgan fingerprint density at radius 1 is 0.720 bits per heavy atom. The highest BCUT2D eigenvalue weighted by Crippen LogP contribution is 2.32. The summed E-state index contributed by atoms with van der Waals surface area (Å²) in [5, 5.41) is 27.2. The van der Waals surface area contributed by atoms with E-state index in [2.05, 4.69) is 10.2 Å². The highest BCUT2D eigenvalue weighted by molar-refractivity contribution is 7.91. The molecule has 0 aliphatic carbocycles. The molecule has 0 aromatic heterocycles. The van der Waals surface area contributed by atoms with E-state index in [9.17, 15) is 18.6 Å². The molecule has 2 N–H and O–H groups in total. The summed E-state index contributed by atoms with van der Waals surface area (Å²) in [6, 6.07) is 17.9. The van der Waals surface area contributed by atoms with Crippen LogP contribution in [0.3, 0.4) is 0 Å². The van der Waals surface area contributed by atoms with E-state index in [4.69, 9.17) is 0 Å². The Hall–Kier alpha value is -3.19. The average molecular weight is 354 g/mol. The van der Waals surface area contributed by atoms with Crippen molar-refractivity contribution in [3.8, 4) is 11.5 Å². The Morgan fingerprint density at radius 2 is 1.32 bits per heavy atom. The number of rotatable bonds is 4. The van der Waals surface area contributed by atoms with Gasteiger partial charge in [0.1, 0.15) is 16.4 Å². The molecular weight excluding hydrogens is 340 g/mol. The van der Waals surface area contributed by atoms with Crippen LogP contribution < -0.4 is 0 Å². The van der Waals surface area contributed by atoms with Crippen molar-refractivity contribution >= 4 is 21.2 Å². The third kappa shape index (κ3) is 3.67. The van der Waals surface area contributed by atoms with Crippen molar-refractivity contribution in [2.45, 2.75) is 9.79 Å². The molecule has 6 nitrogen and oxygen atoms in total. The number of benzene rings is 3. The number of phenols is 2. The van der Waals surface area contributed by atoms with E-state index in [1.165, 1.54) is 42.5 Å². The second kappa shape index (κ2) is 6.74. The molecule has 0 aliphatic rings. The molecule has 3 rings (SSSR count). The number of phenolic OH excluding ortho intramolecular Hbond substituents is 2. The number of azo groups is 1. The Morgan fingerprint density at radius 3 is 2.00 bits per heavy atom. The van der Waals surface area contributed by atoms with Crippen molar-refractivity contribution < 1.29 is 18.6 Å². The summed E-state index contributed by atoms with van der Waals surface area (Å²) in [6.07, 6.45) is 0. The third-order valence-electron chi connectivity index (χ3n) is 3.42. The minimum Gasteiger partial charge on any atom is -0.508 e. The van der Waals surface area contributed by atoms with Gasteiger partial charge in [0.25, 0.3) is 0 Å². The van der Waals surface area contributed by atoms with Gasteiger partial charge in [-0.1, -0.05) is 18.2 Å². The predicted molar refractivity (Wildman–Crippen MR) is 92.3 cm³/mol. The molecule has 3 aromatic rings. The fraction of sp³-hybridized carbons (Fsp3) is 0. The fourth-order valence-electron chi connectivity index (χ4n) is 2.14. The summed E-state index contributed by atoms with van der Waals surface area (Å²) < 4.78 is 25.3. The molecule has 0 amide bonds. The maximum Gasteiger partial charge on any atom is 0.210 e. The first-order valence-corrected chi connectivity index (χ1v) is 8.79. The van der Waals surface area contributed by atoms with E-state index in [0.717, 1.165) is 0 Å². The van der Waals surface area contributed by atoms with Crippen molar-refractivity contribution in [1.82, 2.24) is 0 Å². The van der Waals surface area contributed by atoms with Crippen molar-refractivity contribution in [1.29, 1.82) is 0 Å². The van der Waals surface area contributed by atoms with Gasteiger partial charge in [-0.05, 0) is 54.6 Å². The molecule has 0 unspecified atom stereocenters. The van der Waals surface area contributed by atoms with Crippen LogP contribution in [0.25, 0.3) is 0 Å². The quantitative estimate of drug-likeness (QED) is 0.680. The van der Waals surface area contributed by atoms with Crippen LogP contribution in [0.15, 0.2) is 92.8 Å². The molecule has 0 fully saturated rings. The lowest BCUT2D eigenvalue weighted by atomic mass is 10.3. The molecule has 0 aliphatic heterocycles. The van der Waals surface area contributed by atoms with Crippen molar-refractivity contribution in [3.63, 3.8) is 0 Å². The summed E-state index contributed by atoms with van der Waals surface area (Å²) in [4.78, 5) is -0.154. The summed E-state index contributed by atoms with van der Waals surface area (Å²) in [5.74, 6) is -0.243. The molecule has 0 saturated heterocycles. The normalized spacial score (nSPS) is 11.7. The SMILES string of the molecule is O=S(=O)(c1ccccc1)c1cc(N=Nc2ccc(O)cc2)ccc1O. The summed E-state index contributed by atoms with van der Waals surface area (Å²) in [7, 11) is -3.87. The van der Waals surface area contributed by atoms with Gasteiger partial charge in [-0.15, -0.1) is 0 Å². The van der Waals surface area contributed by atoms with E-state index in [0.29, 0.717) is 5.69 Å². The lowest BCUT2D eigenvalue weighted by Crippen LogP contribution is -2.01. The number of aromatic hydroxyl groups is 2. The summed E-state index contributed by atoms with van der Waals surface area (Å²) >= 11 is 0. The van der Waals surface area contributed by atoms with E-state index in [-0.39, 0.29) is 27.0 Å². The van der Waals surface area contributed by atoms with Gasteiger partial charge in [0.2, 0.25) is 9.84 Å². The molecule has 0 radical (unpaired) electrons. The first-order chi connectivity index (χ1) is 12.0. The zero-order valence-electron chi connectivity index (χ0n) is 12.9. The maximum absolute atomic E-state index is 12.7. The van der Waals surface area contributed by atoms with Crippen molar-refractivity contribution in [2.24, 2.45) is 10.2 Å². The summed E-state index contributed by atoms with van der Waals surface area (Å²) in [5.41, 5.74) is 0.777. The largest absolute Gasteiger partial charge is 0.508 e. The number of sulfone groups is 1. The lowest BCUT2D eigenvalue weighted by Gasteiger charge is -2.07. The van der Waals surface area contributed by atoms with E-state index in [1.54, 1.807) is 30.3 Å². The fourth-order valence-corrected chi connectivity index (χ4v) is 3.53. The van der Waals surface area contributed by atoms with Crippen molar-refractivity contribution in [3.05, 3.63) is 72.8 Å². The third-order valence-corrected chi connectivity index (χ3v) is 5.22. The molecule has 0 spiro atoms. The topological polar surface area (TPSA) is 99.3 Å². The van der Waals surface area contributed by atoms with Crippen LogP contribution in [0, 0.1) is 0 Å². The van der Waals surface area contributed by atoms with Crippen LogP contribution in [0.4, 0.5) is 11.4 Å². The van der Waals surface area contributed by atoms with Gasteiger partial charge in [0.05, 0.1) is 16.3 Å². The molecule has 0 heterocycles. The van der Waals surface area contributed by atoms with Crippen LogP contribution in [0.2, 0.25) is 0 Å². The van der Waals surface area contributed by atoms with E-state index < -0.39 is 9.84 Å². The minimum atomic E-state index is -3.87. The first kappa shape index (κ1) is 16.7. The van der Waals surface area contributed by atoms with Gasteiger partial charge >= 0.3 is 0 Å². The lowest BCUT2D eigenvalue weighted by molar-refractivity contribution is 0.459. The molecule has 0 atom stereocenters. The Bertz CT molecular complexity index is 1010. The van der Waals surface area contributed by atoms with Gasteiger partial charge in [0, 0.05) is 0 Å². The van der Waals surface area contributed by atoms with Gasteiger partial charge in [-0.3, -0.25) is 0 Å². The Labute approximate surface area is 144 Å². The van der Waals surface area contributed by atoms with Crippen molar-refractivity contribution in [2.75, 3.05) is 0 Å². The summed E-state index contributed by atoms with van der Waals surface area (Å²) in [6.45, 7) is 0. The van der Waals surface area contributed by atoms with Gasteiger partial charge in [-0.25, -0.2) is 8.42 Å². The molecule has 7 heteroatoms. The highest BCUT2D eigenvalue weighted by atomic mass is 32.2. The second-order valence-electron chi connectivity index (χ2n) is 5.18. The number of hydrogen-bond acceptors (Lipinski definition) is 6. The predicted octanol–water partition coefficient (Wildman–Crippen LogP) is 4.35. The minimum absolute atomic E-state index is 0.0814. The standard InChI is InChI=1S/C18H14N2O4S/c21-15-9-6-13(7-10-15)19-20-14-8-11-17(22)18(12-14)25(23,24)16-4-2-1-3-5-16/h1-12,21-22H. The molecule has 126 valence electrons. The second-order valence-corrected chi connectivity index (χ2v) is 7.10. The molecule has 25 heavy (non-hydrogen) atoms. The van der Waals surface area contributed by atoms with Crippen LogP contribution in [-0.2, 0) is 9.84 Å². The molecular formula is C18H14N2O4S. The Kier molecular flexibility index (Phi) is 4.49. The van der Waals surface area contributed by atoms with Crippen LogP contribution >= 0.6 is 0 Å². The maximum atomic E-state index is 12.7. The molecule has 3 aromatic carbocycles. The number of hydrogen-bond donors (Lipinski definition) is 2. The molecule has 0 saturated carbocycles. The van der Waals surface area contributed by atoms with Crippen LogP contribution in [0.5, 0.6) is 11.5 Å². The smallest absolute Gasteiger partial charge is 0.210 e. The van der Waals surface area contributed by atoms with Gasteiger partial charge in [-0.2, -0.15) is 10.2 Å². The van der Waals surface area contributed by atoms with Gasteiger partial charge in [0.15, 0.2) is 0 Å². The zero-order valence-corrected chi connectivity index (χ0v) is 13.8. The monoisotopic (exact) mass is 354 g/mol. The number of nitrogens with zero attached hydrogens (tertiary/aromatic N) is 2. The Balaban J connectivity index is 1.97. The highest BCUT2D eigenvalue weighted by Gasteiger charge is 2.21. The average Bonchev–Trinajstić information content (AvgIpc) is 2.63. The van der Waals surface area contributed by atoms with Crippen LogP contribution in [0.1, 0.15) is 0 Å². The van der Waals surface area contributed by atoms with E-state index in [1.807, 2.05) is 0 Å². The van der Waals surface area contributed by atoms with E-state index >= 15 is 0 Å². The zero-order chi connectivity index (χ0) is 17.9. The van der Waals surface area contributed by atoms with Crippen LogP contribution in [-0.4, -0.2) is 18.6 Å². The van der Waals surface area contributed by atoms with Gasteiger partial charge < -0.3 is 10.2 Å². The first-order valence-electron chi connectivity index (χ1n) is 7.31.